The van der Waals surface area contributed by atoms with Gasteiger partial charge in [0, 0.05) is 38.3 Å². The Morgan fingerprint density at radius 1 is 1.00 bits per heavy atom. The van der Waals surface area contributed by atoms with Gasteiger partial charge in [-0.3, -0.25) is 0 Å². The quantitative estimate of drug-likeness (QED) is 0.501. The molecule has 4 aliphatic rings. The Balaban J connectivity index is 0.000000134. The van der Waals surface area contributed by atoms with E-state index >= 15 is 0 Å². The molecule has 6 heterocycles. The molecule has 4 aliphatic heterocycles. The maximum Gasteiger partial charge on any atom is 0.376 e. The van der Waals surface area contributed by atoms with Gasteiger partial charge >= 0.3 is 5.97 Å². The van der Waals surface area contributed by atoms with E-state index in [2.05, 4.69) is 45.1 Å². The number of fused-ring (bicyclic) bond motifs is 8. The molecule has 2 saturated heterocycles. The molecule has 0 amide bonds. The molecule has 0 aromatic carbocycles. The van der Waals surface area contributed by atoms with E-state index < -0.39 is 5.97 Å². The standard InChI is InChI=1S/C11H14N4O2.C9H11ClN4/c1-17-11(16)10-12-5-8-9(14-10)13-7-3-2-4-15(8)6-7;10-9-11-4-7-8(13-9)12-6-2-1-3-14(7)5-6/h5,7H,2-4,6H2,1H3,(H,12,13,14);4,6H,1-3,5H2,(H,11,12,13)/t7-;6-/m00/s1. The number of piperidine rings is 2. The zero-order valence-electron chi connectivity index (χ0n) is 17.3. The van der Waals surface area contributed by atoms with E-state index in [1.807, 2.05) is 0 Å². The Hall–Kier alpha value is -2.88. The van der Waals surface area contributed by atoms with Crippen molar-refractivity contribution in [3.05, 3.63) is 23.5 Å². The lowest BCUT2D eigenvalue weighted by Gasteiger charge is -2.40. The minimum atomic E-state index is -0.500. The van der Waals surface area contributed by atoms with Crippen LogP contribution in [0, 0.1) is 0 Å². The number of halogens is 1. The lowest BCUT2D eigenvalue weighted by molar-refractivity contribution is 0.0587. The number of ether oxygens (including phenoxy) is 1. The van der Waals surface area contributed by atoms with Crippen LogP contribution in [-0.4, -0.2) is 71.3 Å². The van der Waals surface area contributed by atoms with Crippen LogP contribution in [0.4, 0.5) is 23.0 Å². The number of esters is 1. The summed E-state index contributed by atoms with van der Waals surface area (Å²) in [6, 6.07) is 0.957. The number of carbonyl (C=O) groups is 1. The van der Waals surface area contributed by atoms with Crippen LogP contribution in [0.15, 0.2) is 12.4 Å². The highest BCUT2D eigenvalue weighted by molar-refractivity contribution is 6.28. The zero-order chi connectivity index (χ0) is 21.4. The van der Waals surface area contributed by atoms with E-state index in [1.165, 1.54) is 26.4 Å². The Bertz CT molecular complexity index is 990. The summed E-state index contributed by atoms with van der Waals surface area (Å²) < 4.78 is 4.62. The largest absolute Gasteiger partial charge is 0.463 e. The van der Waals surface area contributed by atoms with E-state index in [0.29, 0.717) is 17.4 Å². The summed E-state index contributed by atoms with van der Waals surface area (Å²) in [5.41, 5.74) is 2.07. The summed E-state index contributed by atoms with van der Waals surface area (Å²) in [7, 11) is 1.33. The fourth-order valence-electron chi connectivity index (χ4n) is 4.61. The topological polar surface area (TPSA) is 108 Å². The highest BCUT2D eigenvalue weighted by Gasteiger charge is 2.30. The van der Waals surface area contributed by atoms with Crippen molar-refractivity contribution in [2.75, 3.05) is 53.7 Å². The first kappa shape index (κ1) is 20.0. The molecule has 164 valence electrons. The summed E-state index contributed by atoms with van der Waals surface area (Å²) >= 11 is 5.75. The van der Waals surface area contributed by atoms with Gasteiger partial charge in [0.15, 0.2) is 11.6 Å². The molecule has 0 aliphatic carbocycles. The summed E-state index contributed by atoms with van der Waals surface area (Å²) in [4.78, 5) is 32.4. The van der Waals surface area contributed by atoms with Crippen LogP contribution in [0.5, 0.6) is 0 Å². The molecular formula is C20H25ClN8O2. The lowest BCUT2D eigenvalue weighted by atomic mass is 10.0. The van der Waals surface area contributed by atoms with Gasteiger partial charge < -0.3 is 25.2 Å². The number of aromatic nitrogens is 4. The number of anilines is 4. The van der Waals surface area contributed by atoms with E-state index in [-0.39, 0.29) is 5.82 Å². The van der Waals surface area contributed by atoms with Crippen molar-refractivity contribution in [3.63, 3.8) is 0 Å². The van der Waals surface area contributed by atoms with Gasteiger partial charge in [0.2, 0.25) is 11.1 Å². The average molecular weight is 445 g/mol. The first-order valence-corrected chi connectivity index (χ1v) is 11.0. The van der Waals surface area contributed by atoms with Gasteiger partial charge in [0.05, 0.1) is 30.9 Å². The van der Waals surface area contributed by atoms with E-state index in [1.54, 1.807) is 12.4 Å². The van der Waals surface area contributed by atoms with E-state index in [9.17, 15) is 4.79 Å². The molecule has 6 rings (SSSR count). The summed E-state index contributed by atoms with van der Waals surface area (Å²) in [5, 5.41) is 7.06. The summed E-state index contributed by atoms with van der Waals surface area (Å²) in [6.07, 6.45) is 8.28. The molecule has 0 radical (unpaired) electrons. The van der Waals surface area contributed by atoms with Crippen molar-refractivity contribution in [1.29, 1.82) is 0 Å². The Morgan fingerprint density at radius 2 is 1.58 bits per heavy atom. The highest BCUT2D eigenvalue weighted by atomic mass is 35.5. The minimum absolute atomic E-state index is 0.111. The van der Waals surface area contributed by atoms with Gasteiger partial charge in [-0.25, -0.2) is 19.7 Å². The smallest absolute Gasteiger partial charge is 0.376 e. The lowest BCUT2D eigenvalue weighted by Crippen LogP contribution is -2.46. The maximum absolute atomic E-state index is 11.4. The molecule has 31 heavy (non-hydrogen) atoms. The number of hydrogen-bond donors (Lipinski definition) is 2. The number of rotatable bonds is 1. The molecule has 0 unspecified atom stereocenters. The highest BCUT2D eigenvalue weighted by Crippen LogP contribution is 2.33. The molecule has 4 bridgehead atoms. The monoisotopic (exact) mass is 444 g/mol. The molecule has 0 spiro atoms. The van der Waals surface area contributed by atoms with Crippen LogP contribution in [0.1, 0.15) is 36.3 Å². The second-order valence-electron chi connectivity index (χ2n) is 8.15. The molecule has 2 aromatic rings. The zero-order valence-corrected chi connectivity index (χ0v) is 18.1. The van der Waals surface area contributed by atoms with Gasteiger partial charge in [0.1, 0.15) is 0 Å². The predicted molar refractivity (Wildman–Crippen MR) is 118 cm³/mol. The van der Waals surface area contributed by atoms with Gasteiger partial charge in [-0.1, -0.05) is 0 Å². The summed E-state index contributed by atoms with van der Waals surface area (Å²) in [6.45, 7) is 4.20. The third-order valence-electron chi connectivity index (χ3n) is 6.08. The number of hydrogen-bond acceptors (Lipinski definition) is 10. The molecule has 2 fully saturated rings. The number of methoxy groups -OCH3 is 1. The Kier molecular flexibility index (Phi) is 5.39. The van der Waals surface area contributed by atoms with Crippen molar-refractivity contribution in [2.45, 2.75) is 37.8 Å². The predicted octanol–water partition coefficient (Wildman–Crippen LogP) is 2.18. The van der Waals surface area contributed by atoms with Crippen molar-refractivity contribution in [3.8, 4) is 0 Å². The number of carbonyl (C=O) groups excluding carboxylic acids is 1. The average Bonchev–Trinajstić information content (AvgIpc) is 2.79. The number of nitrogens with one attached hydrogen (secondary N) is 2. The fraction of sp³-hybridized carbons (Fsp3) is 0.550. The van der Waals surface area contributed by atoms with Crippen LogP contribution in [0.2, 0.25) is 5.28 Å². The fourth-order valence-corrected chi connectivity index (χ4v) is 4.74. The summed E-state index contributed by atoms with van der Waals surface area (Å²) in [5.74, 6) is 1.25. The number of nitrogens with zero attached hydrogens (tertiary/aromatic N) is 6. The van der Waals surface area contributed by atoms with Gasteiger partial charge in [-0.05, 0) is 37.3 Å². The SMILES string of the molecule is COC(=O)c1ncc2c(n1)N[C@H]1CCCN2C1.Clc1ncc2c(n1)N[C@H]1CCCN2C1. The Morgan fingerprint density at radius 3 is 2.19 bits per heavy atom. The molecule has 10 nitrogen and oxygen atoms in total. The van der Waals surface area contributed by atoms with Crippen molar-refractivity contribution in [2.24, 2.45) is 0 Å². The van der Waals surface area contributed by atoms with Crippen molar-refractivity contribution in [1.82, 2.24) is 19.9 Å². The molecule has 2 N–H and O–H groups in total. The normalized spacial score (nSPS) is 22.6. The van der Waals surface area contributed by atoms with Gasteiger partial charge in [0.25, 0.3) is 0 Å². The first-order chi connectivity index (χ1) is 15.1. The van der Waals surface area contributed by atoms with Crippen LogP contribution in [-0.2, 0) is 4.74 Å². The second kappa shape index (κ2) is 8.33. The van der Waals surface area contributed by atoms with Gasteiger partial charge in [-0.15, -0.1) is 0 Å². The van der Waals surface area contributed by atoms with Crippen molar-refractivity contribution >= 4 is 40.6 Å². The van der Waals surface area contributed by atoms with Crippen LogP contribution < -0.4 is 20.4 Å². The first-order valence-electron chi connectivity index (χ1n) is 10.6. The molecular weight excluding hydrogens is 420 g/mol. The molecule has 2 aromatic heterocycles. The van der Waals surface area contributed by atoms with Crippen molar-refractivity contribution < 1.29 is 9.53 Å². The third kappa shape index (κ3) is 4.04. The molecule has 11 heteroatoms. The molecule has 0 saturated carbocycles. The van der Waals surface area contributed by atoms with E-state index in [0.717, 1.165) is 55.6 Å². The Labute approximate surface area is 185 Å². The second-order valence-corrected chi connectivity index (χ2v) is 8.49. The van der Waals surface area contributed by atoms with Crippen LogP contribution >= 0.6 is 11.6 Å². The van der Waals surface area contributed by atoms with Gasteiger partial charge in [-0.2, -0.15) is 4.98 Å². The van der Waals surface area contributed by atoms with Crippen LogP contribution in [0.25, 0.3) is 0 Å². The molecule has 2 atom stereocenters. The minimum Gasteiger partial charge on any atom is -0.463 e. The third-order valence-corrected chi connectivity index (χ3v) is 6.27. The maximum atomic E-state index is 11.4. The van der Waals surface area contributed by atoms with Crippen LogP contribution in [0.3, 0.4) is 0 Å². The van der Waals surface area contributed by atoms with E-state index in [4.69, 9.17) is 11.6 Å².